The largest absolute Gasteiger partial charge is 0.491 e. The van der Waals surface area contributed by atoms with Crippen LogP contribution in [0.1, 0.15) is 40.2 Å². The van der Waals surface area contributed by atoms with Gasteiger partial charge in [-0.15, -0.1) is 11.8 Å². The first-order chi connectivity index (χ1) is 12.7. The summed E-state index contributed by atoms with van der Waals surface area (Å²) in [5, 5.41) is 2.94. The zero-order valence-corrected chi connectivity index (χ0v) is 17.4. The van der Waals surface area contributed by atoms with Crippen molar-refractivity contribution < 1.29 is 9.31 Å². The molecule has 1 saturated heterocycles. The Balaban J connectivity index is 1.59. The zero-order valence-electron chi connectivity index (χ0n) is 16.6. The Bertz CT molecular complexity index is 991. The molecule has 27 heavy (non-hydrogen) atoms. The van der Waals surface area contributed by atoms with Crippen LogP contribution in [0, 0.1) is 0 Å². The highest BCUT2D eigenvalue weighted by Crippen LogP contribution is 2.57. The quantitative estimate of drug-likeness (QED) is 0.595. The lowest BCUT2D eigenvalue weighted by Gasteiger charge is -2.33. The number of hydrogen-bond acceptors (Lipinski definition) is 3. The third-order valence-electron chi connectivity index (χ3n) is 6.80. The van der Waals surface area contributed by atoms with Crippen LogP contribution in [0.4, 0.5) is 0 Å². The molecule has 0 N–H and O–H groups in total. The fourth-order valence-corrected chi connectivity index (χ4v) is 6.13. The molecule has 2 heterocycles. The molecule has 2 aromatic rings. The molecule has 0 radical (unpaired) electrons. The summed E-state index contributed by atoms with van der Waals surface area (Å²) >= 11 is 1.96. The van der Waals surface area contributed by atoms with Crippen LogP contribution in [0.15, 0.2) is 65.0 Å². The van der Waals surface area contributed by atoms with Crippen LogP contribution >= 0.6 is 11.8 Å². The summed E-state index contributed by atoms with van der Waals surface area (Å²) in [7, 11) is -0.294. The molecule has 0 saturated carbocycles. The van der Waals surface area contributed by atoms with Gasteiger partial charge in [0.05, 0.1) is 11.2 Å². The Hall–Kier alpha value is -1.49. The minimum Gasteiger partial charge on any atom is -0.400 e. The molecule has 0 amide bonds. The second-order valence-corrected chi connectivity index (χ2v) is 10.2. The van der Waals surface area contributed by atoms with Crippen LogP contribution in [0.2, 0.25) is 0 Å². The number of allylic oxidation sites excluding steroid dienone is 3. The topological polar surface area (TPSA) is 18.5 Å². The molecule has 2 nitrogen and oxygen atoms in total. The van der Waals surface area contributed by atoms with Gasteiger partial charge >= 0.3 is 7.12 Å². The predicted molar refractivity (Wildman–Crippen MR) is 114 cm³/mol. The van der Waals surface area contributed by atoms with Crippen molar-refractivity contribution in [2.45, 2.75) is 61.4 Å². The summed E-state index contributed by atoms with van der Waals surface area (Å²) in [6.45, 7) is 10.8. The summed E-state index contributed by atoms with van der Waals surface area (Å²) in [5.41, 5.74) is 1.97. The van der Waals surface area contributed by atoms with Crippen LogP contribution in [0.3, 0.4) is 0 Å². The molecule has 0 bridgehead atoms. The van der Waals surface area contributed by atoms with Crippen molar-refractivity contribution >= 4 is 29.7 Å². The average Bonchev–Trinajstić information content (AvgIpc) is 3.04. The lowest BCUT2D eigenvalue weighted by atomic mass is 9.64. The van der Waals surface area contributed by atoms with E-state index in [-0.39, 0.29) is 29.0 Å². The Morgan fingerprint density at radius 2 is 1.63 bits per heavy atom. The van der Waals surface area contributed by atoms with Gasteiger partial charge in [-0.25, -0.2) is 0 Å². The molecular formula is C23H25BO2S. The van der Waals surface area contributed by atoms with Gasteiger partial charge in [0.25, 0.3) is 0 Å². The van der Waals surface area contributed by atoms with E-state index in [1.54, 1.807) is 0 Å². The number of thioether (sulfide) groups is 1. The molecule has 0 aromatic heterocycles. The van der Waals surface area contributed by atoms with E-state index in [1.807, 2.05) is 11.8 Å². The van der Waals surface area contributed by atoms with E-state index in [4.69, 9.17) is 9.31 Å². The Kier molecular flexibility index (Phi) is 3.60. The number of hydrogen-bond donors (Lipinski definition) is 0. The lowest BCUT2D eigenvalue weighted by molar-refractivity contribution is 0.00578. The number of fused-ring (bicyclic) bond motifs is 5. The van der Waals surface area contributed by atoms with E-state index in [2.05, 4.69) is 89.2 Å². The van der Waals surface area contributed by atoms with Crippen molar-refractivity contribution in [3.63, 3.8) is 0 Å². The molecule has 4 heteroatoms. The van der Waals surface area contributed by atoms with Gasteiger partial charge in [0.1, 0.15) is 0 Å². The molecule has 3 aliphatic rings. The first-order valence-corrected chi connectivity index (χ1v) is 10.5. The fraction of sp³-hybridized carbons (Fsp3) is 0.391. The number of benzene rings is 2. The van der Waals surface area contributed by atoms with E-state index >= 15 is 0 Å². The summed E-state index contributed by atoms with van der Waals surface area (Å²) in [6, 6.07) is 13.2. The normalized spacial score (nSPS) is 30.3. The predicted octanol–water partition coefficient (Wildman–Crippen LogP) is 5.70. The Morgan fingerprint density at radius 1 is 0.926 bits per heavy atom. The van der Waals surface area contributed by atoms with Crippen LogP contribution in [0.5, 0.6) is 0 Å². The minimum atomic E-state index is -0.321. The highest BCUT2D eigenvalue weighted by molar-refractivity contribution is 8.00. The summed E-state index contributed by atoms with van der Waals surface area (Å²) in [5.74, 6) is 0. The smallest absolute Gasteiger partial charge is 0.400 e. The third-order valence-corrected chi connectivity index (χ3v) is 8.47. The molecule has 1 fully saturated rings. The van der Waals surface area contributed by atoms with Crippen molar-refractivity contribution in [2.75, 3.05) is 0 Å². The first-order valence-electron chi connectivity index (χ1n) is 9.67. The van der Waals surface area contributed by atoms with Crippen LogP contribution in [-0.4, -0.2) is 23.6 Å². The highest BCUT2D eigenvalue weighted by Gasteiger charge is 2.57. The van der Waals surface area contributed by atoms with E-state index in [9.17, 15) is 0 Å². The van der Waals surface area contributed by atoms with E-state index < -0.39 is 0 Å². The SMILES string of the molecule is CC12C=CC=C(B3OC(C)(C)C(C)(C)O3)C1Sc1c2ccc2ccccc12. The van der Waals surface area contributed by atoms with Gasteiger partial charge in [0.15, 0.2) is 0 Å². The third kappa shape index (κ3) is 2.36. The van der Waals surface area contributed by atoms with Crippen LogP contribution in [-0.2, 0) is 14.7 Å². The minimum absolute atomic E-state index is 0.0439. The van der Waals surface area contributed by atoms with Gasteiger partial charge in [0.2, 0.25) is 0 Å². The van der Waals surface area contributed by atoms with E-state index in [1.165, 1.54) is 26.7 Å². The van der Waals surface area contributed by atoms with E-state index in [0.29, 0.717) is 0 Å². The van der Waals surface area contributed by atoms with Crippen molar-refractivity contribution in [1.82, 2.24) is 0 Å². The maximum absolute atomic E-state index is 6.41. The molecular weight excluding hydrogens is 351 g/mol. The van der Waals surface area contributed by atoms with E-state index in [0.717, 1.165) is 0 Å². The van der Waals surface area contributed by atoms with Crippen molar-refractivity contribution in [3.05, 3.63) is 65.7 Å². The second kappa shape index (κ2) is 5.53. The summed E-state index contributed by atoms with van der Waals surface area (Å²) < 4.78 is 12.8. The summed E-state index contributed by atoms with van der Waals surface area (Å²) in [4.78, 5) is 1.40. The van der Waals surface area contributed by atoms with Crippen molar-refractivity contribution in [2.24, 2.45) is 0 Å². The van der Waals surface area contributed by atoms with Gasteiger partial charge in [-0.2, -0.15) is 0 Å². The molecule has 2 aliphatic heterocycles. The molecule has 1 aliphatic carbocycles. The number of rotatable bonds is 1. The molecule has 138 valence electrons. The van der Waals surface area contributed by atoms with Gasteiger partial charge < -0.3 is 9.31 Å². The molecule has 0 spiro atoms. The lowest BCUT2D eigenvalue weighted by Crippen LogP contribution is -2.41. The van der Waals surface area contributed by atoms with Crippen LogP contribution in [0.25, 0.3) is 10.8 Å². The van der Waals surface area contributed by atoms with Crippen molar-refractivity contribution in [1.29, 1.82) is 0 Å². The van der Waals surface area contributed by atoms with Gasteiger partial charge in [-0.3, -0.25) is 0 Å². The second-order valence-electron chi connectivity index (χ2n) is 9.06. The van der Waals surface area contributed by atoms with Crippen molar-refractivity contribution in [3.8, 4) is 0 Å². The maximum atomic E-state index is 6.41. The molecule has 2 aromatic carbocycles. The Labute approximate surface area is 166 Å². The molecule has 2 unspecified atom stereocenters. The molecule has 2 atom stereocenters. The maximum Gasteiger partial charge on any atom is 0.491 e. The summed E-state index contributed by atoms with van der Waals surface area (Å²) in [6.07, 6.45) is 6.73. The van der Waals surface area contributed by atoms with Crippen LogP contribution < -0.4 is 0 Å². The zero-order chi connectivity index (χ0) is 19.0. The highest BCUT2D eigenvalue weighted by atomic mass is 32.2. The Morgan fingerprint density at radius 3 is 2.37 bits per heavy atom. The standard InChI is InChI=1S/C23H25BO2S/c1-21(2)22(3,4)26-24(25-21)18-11-8-14-23(5)17-13-12-15-9-6-7-10-16(15)19(17)27-20(18)23/h6-14,20H,1-5H3. The van der Waals surface area contributed by atoms with Gasteiger partial charge in [-0.05, 0) is 49.5 Å². The fourth-order valence-electron chi connectivity index (χ4n) is 4.39. The first kappa shape index (κ1) is 17.6. The average molecular weight is 376 g/mol. The monoisotopic (exact) mass is 376 g/mol. The molecule has 5 rings (SSSR count). The van der Waals surface area contributed by atoms with Gasteiger partial charge in [-0.1, -0.05) is 61.5 Å². The van der Waals surface area contributed by atoms with Gasteiger partial charge in [0, 0.05) is 15.6 Å².